The lowest BCUT2D eigenvalue weighted by Gasteiger charge is -2.29. The lowest BCUT2D eigenvalue weighted by atomic mass is 10.3. The van der Waals surface area contributed by atoms with Gasteiger partial charge in [0.2, 0.25) is 0 Å². The minimum absolute atomic E-state index is 0.645. The summed E-state index contributed by atoms with van der Waals surface area (Å²) in [5, 5.41) is 6.79. The Kier molecular flexibility index (Phi) is 23.9. The molecule has 11 heteroatoms. The molecule has 0 spiro atoms. The Hall–Kier alpha value is -0.110. The van der Waals surface area contributed by atoms with Crippen LogP contribution in [0.15, 0.2) is 0 Å². The van der Waals surface area contributed by atoms with Crippen molar-refractivity contribution in [3.63, 3.8) is 0 Å². The van der Waals surface area contributed by atoms with Gasteiger partial charge in [-0.3, -0.25) is 14.7 Å². The number of nitrogens with one attached hydrogen (secondary N) is 2. The van der Waals surface area contributed by atoms with E-state index in [9.17, 15) is 0 Å². The molecule has 0 aromatic carbocycles. The lowest BCUT2D eigenvalue weighted by molar-refractivity contribution is 0.196. The zero-order valence-corrected chi connectivity index (χ0v) is 21.4. The second-order valence-corrected chi connectivity index (χ2v) is 8.57. The zero-order valence-electron chi connectivity index (χ0n) is 20.6. The van der Waals surface area contributed by atoms with Crippen LogP contribution in [0.2, 0.25) is 0 Å². The van der Waals surface area contributed by atoms with Gasteiger partial charge in [-0.25, -0.2) is 4.42 Å². The van der Waals surface area contributed by atoms with Crippen LogP contribution in [0.25, 0.3) is 0 Å². The minimum atomic E-state index is 0.645. The molecule has 0 rings (SSSR count). The third-order valence-corrected chi connectivity index (χ3v) is 5.68. The van der Waals surface area contributed by atoms with Crippen molar-refractivity contribution in [3.8, 4) is 0 Å². The molecule has 10 nitrogen and oxygen atoms in total. The predicted octanol–water partition coefficient (Wildman–Crippen LogP) is -2.23. The summed E-state index contributed by atoms with van der Waals surface area (Å²) in [6, 6.07) is 0. The standard InChI is InChI=1S/C21H53ClN10/c1-2-7-27-9-14-30(12-5-25)18-20-32(22)21-19-31(13-6-26)17-16-29(11-4-24)15-10-28-8-3-23/h27-28H,2-21,23-26H2,1H3. The summed E-state index contributed by atoms with van der Waals surface area (Å²) in [6.07, 6.45) is 1.15. The molecule has 0 fully saturated rings. The van der Waals surface area contributed by atoms with Gasteiger partial charge in [0.05, 0.1) is 0 Å². The predicted molar refractivity (Wildman–Crippen MR) is 139 cm³/mol. The van der Waals surface area contributed by atoms with Crippen LogP contribution in [0.1, 0.15) is 13.3 Å². The van der Waals surface area contributed by atoms with Crippen LogP contribution in [0.4, 0.5) is 0 Å². The van der Waals surface area contributed by atoms with Crippen molar-refractivity contribution in [2.24, 2.45) is 22.9 Å². The number of nitrogens with two attached hydrogens (primary N) is 4. The third kappa shape index (κ3) is 19.4. The number of hydrogen-bond acceptors (Lipinski definition) is 10. The van der Waals surface area contributed by atoms with Crippen molar-refractivity contribution in [1.29, 1.82) is 0 Å². The molecule has 10 N–H and O–H groups in total. The summed E-state index contributed by atoms with van der Waals surface area (Å²) < 4.78 is 1.89. The van der Waals surface area contributed by atoms with E-state index in [0.29, 0.717) is 26.2 Å². The highest BCUT2D eigenvalue weighted by molar-refractivity contribution is 6.13. The fourth-order valence-corrected chi connectivity index (χ4v) is 3.60. The molecule has 0 aliphatic carbocycles. The van der Waals surface area contributed by atoms with E-state index in [1.165, 1.54) is 0 Å². The van der Waals surface area contributed by atoms with Crippen molar-refractivity contribution >= 4 is 11.8 Å². The van der Waals surface area contributed by atoms with Gasteiger partial charge < -0.3 is 33.6 Å². The smallest absolute Gasteiger partial charge is 0.0267 e. The number of rotatable bonds is 25. The van der Waals surface area contributed by atoms with E-state index in [2.05, 4.69) is 32.3 Å². The molecule has 0 aromatic rings. The maximum Gasteiger partial charge on any atom is 0.0267 e. The number of halogens is 1. The first-order chi connectivity index (χ1) is 15.6. The molecule has 0 heterocycles. The maximum atomic E-state index is 6.52. The summed E-state index contributed by atoms with van der Waals surface area (Å²) in [5.74, 6) is 0. The summed E-state index contributed by atoms with van der Waals surface area (Å²) in [4.78, 5) is 7.15. The summed E-state index contributed by atoms with van der Waals surface area (Å²) >= 11 is 6.52. The van der Waals surface area contributed by atoms with Gasteiger partial charge in [0, 0.05) is 118 Å². The highest BCUT2D eigenvalue weighted by atomic mass is 35.5. The Balaban J connectivity index is 4.29. The average molecular weight is 481 g/mol. The van der Waals surface area contributed by atoms with Crippen LogP contribution in [0.5, 0.6) is 0 Å². The maximum absolute atomic E-state index is 6.52. The van der Waals surface area contributed by atoms with Gasteiger partial charge in [0.25, 0.3) is 0 Å². The number of nitrogens with zero attached hydrogens (tertiary/aromatic N) is 4. The zero-order chi connectivity index (χ0) is 23.9. The first-order valence-corrected chi connectivity index (χ1v) is 12.7. The monoisotopic (exact) mass is 480 g/mol. The highest BCUT2D eigenvalue weighted by Crippen LogP contribution is 1.99. The van der Waals surface area contributed by atoms with Crippen LogP contribution >= 0.6 is 11.8 Å². The summed E-state index contributed by atoms with van der Waals surface area (Å²) in [7, 11) is 0. The second kappa shape index (κ2) is 24.0. The Labute approximate surface area is 202 Å². The second-order valence-electron chi connectivity index (χ2n) is 8.09. The van der Waals surface area contributed by atoms with Crippen molar-refractivity contribution in [2.45, 2.75) is 13.3 Å². The fourth-order valence-electron chi connectivity index (χ4n) is 3.45. The molecular formula is C21H53ClN10. The molecule has 32 heavy (non-hydrogen) atoms. The van der Waals surface area contributed by atoms with Gasteiger partial charge in [-0.1, -0.05) is 6.92 Å². The lowest BCUT2D eigenvalue weighted by Crippen LogP contribution is -2.44. The van der Waals surface area contributed by atoms with E-state index >= 15 is 0 Å². The van der Waals surface area contributed by atoms with Gasteiger partial charge in [0.1, 0.15) is 0 Å². The molecule has 0 bridgehead atoms. The molecule has 0 aliphatic rings. The Morgan fingerprint density at radius 2 is 0.906 bits per heavy atom. The van der Waals surface area contributed by atoms with Crippen LogP contribution in [-0.4, -0.2) is 143 Å². The van der Waals surface area contributed by atoms with Crippen LogP contribution in [0, 0.1) is 0 Å². The van der Waals surface area contributed by atoms with E-state index in [0.717, 1.165) is 105 Å². The van der Waals surface area contributed by atoms with Crippen molar-refractivity contribution in [2.75, 3.05) is 124 Å². The molecule has 0 aromatic heterocycles. The molecule has 0 amide bonds. The fraction of sp³-hybridized carbons (Fsp3) is 1.00. The van der Waals surface area contributed by atoms with E-state index in [4.69, 9.17) is 34.7 Å². The highest BCUT2D eigenvalue weighted by Gasteiger charge is 2.12. The van der Waals surface area contributed by atoms with Gasteiger partial charge in [-0.15, -0.1) is 0 Å². The van der Waals surface area contributed by atoms with Crippen LogP contribution < -0.4 is 33.6 Å². The molecule has 0 unspecified atom stereocenters. The normalized spacial score (nSPS) is 12.2. The molecule has 194 valence electrons. The average Bonchev–Trinajstić information content (AvgIpc) is 2.79. The quantitative estimate of drug-likeness (QED) is 0.0628. The molecular weight excluding hydrogens is 428 g/mol. The molecule has 0 saturated carbocycles. The summed E-state index contributed by atoms with van der Waals surface area (Å²) in [5.41, 5.74) is 23.0. The van der Waals surface area contributed by atoms with E-state index < -0.39 is 0 Å². The minimum Gasteiger partial charge on any atom is -0.329 e. The first kappa shape index (κ1) is 31.9. The Morgan fingerprint density at radius 3 is 1.31 bits per heavy atom. The summed E-state index contributed by atoms with van der Waals surface area (Å²) in [6.45, 7) is 18.6. The van der Waals surface area contributed by atoms with E-state index in [1.54, 1.807) is 0 Å². The Morgan fingerprint density at radius 1 is 0.500 bits per heavy atom. The van der Waals surface area contributed by atoms with Crippen molar-refractivity contribution < 1.29 is 0 Å². The Bertz CT molecular complexity index is 380. The SMILES string of the molecule is CCCNCCN(CCN)CCN(Cl)CCN(CCN)CCN(CCN)CCNCCN. The van der Waals surface area contributed by atoms with Crippen molar-refractivity contribution in [3.05, 3.63) is 0 Å². The van der Waals surface area contributed by atoms with Crippen LogP contribution in [0.3, 0.4) is 0 Å². The van der Waals surface area contributed by atoms with E-state index in [-0.39, 0.29) is 0 Å². The van der Waals surface area contributed by atoms with Gasteiger partial charge in [-0.05, 0) is 24.7 Å². The topological polar surface area (TPSA) is 141 Å². The van der Waals surface area contributed by atoms with Gasteiger partial charge in [0.15, 0.2) is 0 Å². The molecule has 0 atom stereocenters. The van der Waals surface area contributed by atoms with Gasteiger partial charge in [-0.2, -0.15) is 0 Å². The number of hydrogen-bond donors (Lipinski definition) is 6. The van der Waals surface area contributed by atoms with Crippen LogP contribution in [-0.2, 0) is 0 Å². The third-order valence-electron chi connectivity index (χ3n) is 5.34. The molecule has 0 saturated heterocycles. The van der Waals surface area contributed by atoms with Gasteiger partial charge >= 0.3 is 0 Å². The largest absolute Gasteiger partial charge is 0.329 e. The first-order valence-electron chi connectivity index (χ1n) is 12.4. The van der Waals surface area contributed by atoms with Crippen molar-refractivity contribution in [1.82, 2.24) is 29.8 Å². The van der Waals surface area contributed by atoms with E-state index in [1.807, 2.05) is 4.42 Å². The molecule has 0 aliphatic heterocycles. The molecule has 0 radical (unpaired) electrons.